The standard InChI is InChI=1S/C23H29ClN2O4S/c1-14(2)19-8-6-7-15(3)22(19)25-23(27)18-9-10-20(24)21(11-18)31(28,29)26-12-16(4)30-17(5)13-26/h6-11,14,16-17H,12-13H2,1-5H3,(H,25,27). The molecule has 168 valence electrons. The van der Waals surface area contributed by atoms with Crippen molar-refractivity contribution in [2.24, 2.45) is 0 Å². The fourth-order valence-corrected chi connectivity index (χ4v) is 5.93. The summed E-state index contributed by atoms with van der Waals surface area (Å²) < 4.78 is 33.6. The Balaban J connectivity index is 1.94. The smallest absolute Gasteiger partial charge is 0.255 e. The van der Waals surface area contributed by atoms with Crippen LogP contribution in [0.5, 0.6) is 0 Å². The summed E-state index contributed by atoms with van der Waals surface area (Å²) in [5, 5.41) is 3.04. The lowest BCUT2D eigenvalue weighted by Crippen LogP contribution is -2.48. The van der Waals surface area contributed by atoms with Crippen LogP contribution >= 0.6 is 11.6 Å². The highest BCUT2D eigenvalue weighted by Gasteiger charge is 2.34. The topological polar surface area (TPSA) is 75.7 Å². The number of ether oxygens (including phenoxy) is 1. The van der Waals surface area contributed by atoms with Crippen molar-refractivity contribution in [1.82, 2.24) is 4.31 Å². The molecule has 0 spiro atoms. The van der Waals surface area contributed by atoms with E-state index in [1.165, 1.54) is 22.5 Å². The number of sulfonamides is 1. The van der Waals surface area contributed by atoms with E-state index >= 15 is 0 Å². The molecule has 3 rings (SSSR count). The monoisotopic (exact) mass is 464 g/mol. The molecule has 2 atom stereocenters. The van der Waals surface area contributed by atoms with E-state index in [9.17, 15) is 13.2 Å². The van der Waals surface area contributed by atoms with Gasteiger partial charge in [0.05, 0.1) is 17.2 Å². The molecule has 0 aromatic heterocycles. The van der Waals surface area contributed by atoms with Gasteiger partial charge in [-0.15, -0.1) is 0 Å². The average molecular weight is 465 g/mol. The minimum atomic E-state index is -3.88. The van der Waals surface area contributed by atoms with Gasteiger partial charge in [0.15, 0.2) is 0 Å². The van der Waals surface area contributed by atoms with E-state index in [2.05, 4.69) is 19.2 Å². The summed E-state index contributed by atoms with van der Waals surface area (Å²) in [4.78, 5) is 13.0. The van der Waals surface area contributed by atoms with Crippen LogP contribution < -0.4 is 5.32 Å². The molecule has 8 heteroatoms. The number of nitrogens with zero attached hydrogens (tertiary/aromatic N) is 1. The quantitative estimate of drug-likeness (QED) is 0.688. The molecule has 1 amide bonds. The van der Waals surface area contributed by atoms with E-state index in [0.717, 1.165) is 16.8 Å². The van der Waals surface area contributed by atoms with Crippen molar-refractivity contribution in [3.05, 3.63) is 58.1 Å². The number of morpholine rings is 1. The van der Waals surface area contributed by atoms with Crippen LogP contribution in [0.2, 0.25) is 5.02 Å². The predicted molar refractivity (Wildman–Crippen MR) is 123 cm³/mol. The predicted octanol–water partition coefficient (Wildman–Crippen LogP) is 4.82. The average Bonchev–Trinajstić information content (AvgIpc) is 2.68. The van der Waals surface area contributed by atoms with E-state index < -0.39 is 10.0 Å². The number of hydrogen-bond donors (Lipinski definition) is 1. The fraction of sp³-hybridized carbons (Fsp3) is 0.435. The van der Waals surface area contributed by atoms with Gasteiger partial charge >= 0.3 is 0 Å². The maximum Gasteiger partial charge on any atom is 0.255 e. The largest absolute Gasteiger partial charge is 0.373 e. The van der Waals surface area contributed by atoms with Gasteiger partial charge in [0.2, 0.25) is 10.0 Å². The molecule has 1 fully saturated rings. The van der Waals surface area contributed by atoms with Crippen LogP contribution in [0.3, 0.4) is 0 Å². The van der Waals surface area contributed by atoms with E-state index in [1.807, 2.05) is 39.0 Å². The first kappa shape index (κ1) is 23.7. The van der Waals surface area contributed by atoms with Crippen LogP contribution in [-0.2, 0) is 14.8 Å². The molecular formula is C23H29ClN2O4S. The van der Waals surface area contributed by atoms with Crippen LogP contribution in [0, 0.1) is 6.92 Å². The number of para-hydroxylation sites is 1. The Bertz CT molecular complexity index is 1070. The summed E-state index contributed by atoms with van der Waals surface area (Å²) in [5.74, 6) is -0.158. The number of carbonyl (C=O) groups excluding carboxylic acids is 1. The van der Waals surface area contributed by atoms with Gasteiger partial charge in [-0.25, -0.2) is 8.42 Å². The first-order valence-electron chi connectivity index (χ1n) is 10.4. The number of anilines is 1. The lowest BCUT2D eigenvalue weighted by molar-refractivity contribution is -0.0440. The van der Waals surface area contributed by atoms with Gasteiger partial charge in [-0.05, 0) is 56.0 Å². The number of hydrogen-bond acceptors (Lipinski definition) is 4. The molecule has 6 nitrogen and oxygen atoms in total. The van der Waals surface area contributed by atoms with Crippen LogP contribution in [0.1, 0.15) is 55.1 Å². The molecule has 0 aliphatic carbocycles. The minimum absolute atomic E-state index is 0.0722. The summed E-state index contributed by atoms with van der Waals surface area (Å²) in [6.07, 6.45) is -0.446. The number of aryl methyl sites for hydroxylation is 1. The van der Waals surface area contributed by atoms with Crippen molar-refractivity contribution in [2.75, 3.05) is 18.4 Å². The second-order valence-electron chi connectivity index (χ2n) is 8.37. The van der Waals surface area contributed by atoms with Crippen molar-refractivity contribution >= 4 is 33.2 Å². The second-order valence-corrected chi connectivity index (χ2v) is 10.7. The highest BCUT2D eigenvalue weighted by Crippen LogP contribution is 2.30. The van der Waals surface area contributed by atoms with Gasteiger partial charge in [-0.3, -0.25) is 4.79 Å². The lowest BCUT2D eigenvalue weighted by atomic mass is 9.98. The molecule has 1 aliphatic rings. The Morgan fingerprint density at radius 2 is 1.81 bits per heavy atom. The molecule has 1 N–H and O–H groups in total. The Kier molecular flexibility index (Phi) is 7.11. The molecule has 1 saturated heterocycles. The Labute approximate surface area is 189 Å². The number of halogens is 1. The summed E-state index contributed by atoms with van der Waals surface area (Å²) in [6, 6.07) is 10.2. The Morgan fingerprint density at radius 3 is 2.42 bits per heavy atom. The molecule has 2 unspecified atom stereocenters. The first-order valence-corrected chi connectivity index (χ1v) is 12.2. The molecule has 1 aliphatic heterocycles. The summed E-state index contributed by atoms with van der Waals surface area (Å²) in [5.41, 5.74) is 2.94. The van der Waals surface area contributed by atoms with Gasteiger partial charge in [0, 0.05) is 24.3 Å². The Morgan fingerprint density at radius 1 is 1.16 bits per heavy atom. The van der Waals surface area contributed by atoms with Crippen molar-refractivity contribution < 1.29 is 17.9 Å². The van der Waals surface area contributed by atoms with Gasteiger partial charge < -0.3 is 10.1 Å². The van der Waals surface area contributed by atoms with E-state index in [-0.39, 0.29) is 52.6 Å². The fourth-order valence-electron chi connectivity index (χ4n) is 3.84. The van der Waals surface area contributed by atoms with Crippen LogP contribution in [0.15, 0.2) is 41.3 Å². The molecule has 2 aromatic carbocycles. The third kappa shape index (κ3) is 5.12. The molecule has 1 heterocycles. The molecule has 0 bridgehead atoms. The van der Waals surface area contributed by atoms with Gasteiger partial charge in [0.1, 0.15) is 4.90 Å². The van der Waals surface area contributed by atoms with E-state index in [0.29, 0.717) is 0 Å². The maximum absolute atomic E-state index is 13.3. The third-order valence-corrected chi connectivity index (χ3v) is 7.68. The number of carbonyl (C=O) groups is 1. The lowest BCUT2D eigenvalue weighted by Gasteiger charge is -2.34. The van der Waals surface area contributed by atoms with Crippen LogP contribution in [0.4, 0.5) is 5.69 Å². The molecule has 31 heavy (non-hydrogen) atoms. The molecule has 2 aromatic rings. The van der Waals surface area contributed by atoms with Crippen molar-refractivity contribution in [3.63, 3.8) is 0 Å². The molecule has 0 saturated carbocycles. The minimum Gasteiger partial charge on any atom is -0.373 e. The number of amides is 1. The van der Waals surface area contributed by atoms with E-state index in [4.69, 9.17) is 16.3 Å². The van der Waals surface area contributed by atoms with Crippen LogP contribution in [0.25, 0.3) is 0 Å². The Hall–Kier alpha value is -1.93. The van der Waals surface area contributed by atoms with Gasteiger partial charge in [-0.2, -0.15) is 4.31 Å². The van der Waals surface area contributed by atoms with E-state index in [1.54, 1.807) is 0 Å². The molecule has 0 radical (unpaired) electrons. The SMILES string of the molecule is Cc1cccc(C(C)C)c1NC(=O)c1ccc(Cl)c(S(=O)(=O)N2CC(C)OC(C)C2)c1. The van der Waals surface area contributed by atoms with Gasteiger partial charge in [0.25, 0.3) is 5.91 Å². The van der Waals surface area contributed by atoms with Gasteiger partial charge in [-0.1, -0.05) is 43.6 Å². The highest BCUT2D eigenvalue weighted by molar-refractivity contribution is 7.89. The highest BCUT2D eigenvalue weighted by atomic mass is 35.5. The first-order chi connectivity index (χ1) is 14.5. The maximum atomic E-state index is 13.3. The number of nitrogens with one attached hydrogen (secondary N) is 1. The van der Waals surface area contributed by atoms with Crippen molar-refractivity contribution in [2.45, 2.75) is 57.6 Å². The van der Waals surface area contributed by atoms with Crippen molar-refractivity contribution in [1.29, 1.82) is 0 Å². The van der Waals surface area contributed by atoms with Crippen molar-refractivity contribution in [3.8, 4) is 0 Å². The summed E-state index contributed by atoms with van der Waals surface area (Å²) in [6.45, 7) is 10.2. The summed E-state index contributed by atoms with van der Waals surface area (Å²) >= 11 is 6.26. The number of rotatable bonds is 5. The second kappa shape index (κ2) is 9.28. The normalized spacial score (nSPS) is 20.1. The third-order valence-electron chi connectivity index (χ3n) is 5.36. The zero-order valence-electron chi connectivity index (χ0n) is 18.5. The number of benzene rings is 2. The summed E-state index contributed by atoms with van der Waals surface area (Å²) in [7, 11) is -3.88. The molecular weight excluding hydrogens is 436 g/mol. The zero-order chi connectivity index (χ0) is 22.9. The van der Waals surface area contributed by atoms with Crippen LogP contribution in [-0.4, -0.2) is 43.9 Å². The zero-order valence-corrected chi connectivity index (χ0v) is 20.0.